The molecular weight excluding hydrogens is 400 g/mol. The van der Waals surface area contributed by atoms with E-state index in [2.05, 4.69) is 15.1 Å². The van der Waals surface area contributed by atoms with Gasteiger partial charge in [-0.1, -0.05) is 36.4 Å². The van der Waals surface area contributed by atoms with Crippen molar-refractivity contribution in [3.8, 4) is 5.75 Å². The van der Waals surface area contributed by atoms with E-state index in [0.717, 1.165) is 31.7 Å². The average molecular weight is 428 g/mol. The first-order chi connectivity index (χ1) is 15.0. The van der Waals surface area contributed by atoms with Gasteiger partial charge in [-0.15, -0.1) is 0 Å². The van der Waals surface area contributed by atoms with Crippen LogP contribution in [0.1, 0.15) is 5.56 Å². The molecule has 1 aliphatic heterocycles. The number of nitro groups is 1. The third kappa shape index (κ3) is 7.63. The number of rotatable bonds is 10. The number of nitrogens with one attached hydrogen (secondary N) is 1. The Morgan fingerprint density at radius 3 is 2.52 bits per heavy atom. The summed E-state index contributed by atoms with van der Waals surface area (Å²) in [6, 6.07) is 15.7. The third-order valence-electron chi connectivity index (χ3n) is 5.10. The van der Waals surface area contributed by atoms with Crippen molar-refractivity contribution in [2.45, 2.75) is 12.6 Å². The molecule has 1 saturated heterocycles. The summed E-state index contributed by atoms with van der Waals surface area (Å²) in [6.07, 6.45) is -0.708. The molecule has 1 amide bonds. The van der Waals surface area contributed by atoms with Gasteiger partial charge in [0, 0.05) is 45.3 Å². The molecule has 0 radical (unpaired) electrons. The molecule has 2 aromatic carbocycles. The van der Waals surface area contributed by atoms with Gasteiger partial charge in [0.15, 0.2) is 0 Å². The first kappa shape index (κ1) is 22.7. The zero-order chi connectivity index (χ0) is 22.1. The van der Waals surface area contributed by atoms with Crippen LogP contribution in [0.15, 0.2) is 54.6 Å². The van der Waals surface area contributed by atoms with Gasteiger partial charge in [-0.3, -0.25) is 24.7 Å². The van der Waals surface area contributed by atoms with E-state index in [1.165, 1.54) is 12.1 Å². The number of carbonyl (C=O) groups is 1. The number of ether oxygens (including phenoxy) is 1. The molecule has 1 atom stereocenters. The molecule has 1 heterocycles. The van der Waals surface area contributed by atoms with E-state index in [1.807, 2.05) is 30.3 Å². The number of aliphatic hydroxyl groups is 1. The van der Waals surface area contributed by atoms with E-state index in [4.69, 9.17) is 4.74 Å². The van der Waals surface area contributed by atoms with Gasteiger partial charge in [0.25, 0.3) is 5.69 Å². The first-order valence-corrected chi connectivity index (χ1v) is 10.3. The predicted octanol–water partition coefficient (Wildman–Crippen LogP) is 1.27. The lowest BCUT2D eigenvalue weighted by molar-refractivity contribution is -0.384. The van der Waals surface area contributed by atoms with Gasteiger partial charge in [-0.2, -0.15) is 0 Å². The minimum atomic E-state index is -0.708. The summed E-state index contributed by atoms with van der Waals surface area (Å²) in [5, 5.41) is 24.0. The number of hydrogen-bond donors (Lipinski definition) is 2. The maximum Gasteiger partial charge on any atom is 0.273 e. The summed E-state index contributed by atoms with van der Waals surface area (Å²) in [6.45, 7) is 4.38. The Morgan fingerprint density at radius 1 is 1.10 bits per heavy atom. The SMILES string of the molecule is O=C(CN1CCN(CC(O)COc2cccc([N+](=O)[O-])c2)CC1)NCc1ccccc1. The highest BCUT2D eigenvalue weighted by Crippen LogP contribution is 2.19. The van der Waals surface area contributed by atoms with Crippen LogP contribution < -0.4 is 10.1 Å². The Morgan fingerprint density at radius 2 is 1.81 bits per heavy atom. The van der Waals surface area contributed by atoms with E-state index < -0.39 is 11.0 Å². The molecular formula is C22H28N4O5. The highest BCUT2D eigenvalue weighted by atomic mass is 16.6. The smallest absolute Gasteiger partial charge is 0.273 e. The van der Waals surface area contributed by atoms with Gasteiger partial charge in [-0.25, -0.2) is 0 Å². The molecule has 31 heavy (non-hydrogen) atoms. The normalized spacial score (nSPS) is 15.9. The molecule has 166 valence electrons. The number of hydrogen-bond acceptors (Lipinski definition) is 7. The summed E-state index contributed by atoms with van der Waals surface area (Å²) in [5.41, 5.74) is 1.03. The van der Waals surface area contributed by atoms with Gasteiger partial charge in [0.05, 0.1) is 17.5 Å². The van der Waals surface area contributed by atoms with E-state index in [0.29, 0.717) is 25.4 Å². The molecule has 0 aromatic heterocycles. The van der Waals surface area contributed by atoms with E-state index >= 15 is 0 Å². The topological polar surface area (TPSA) is 108 Å². The molecule has 0 aliphatic carbocycles. The van der Waals surface area contributed by atoms with Gasteiger partial charge in [0.2, 0.25) is 5.91 Å². The van der Waals surface area contributed by atoms with Gasteiger partial charge in [0.1, 0.15) is 18.5 Å². The molecule has 0 spiro atoms. The van der Waals surface area contributed by atoms with E-state index in [1.54, 1.807) is 12.1 Å². The summed E-state index contributed by atoms with van der Waals surface area (Å²) < 4.78 is 5.49. The number of nitrogens with zero attached hydrogens (tertiary/aromatic N) is 3. The van der Waals surface area contributed by atoms with Crippen LogP contribution in [0.5, 0.6) is 5.75 Å². The number of non-ortho nitro benzene ring substituents is 1. The number of β-amino-alcohol motifs (C(OH)–C–C–N with tert-alkyl or cyclic N) is 1. The largest absolute Gasteiger partial charge is 0.491 e. The van der Waals surface area contributed by atoms with Crippen molar-refractivity contribution in [2.24, 2.45) is 0 Å². The standard InChI is InChI=1S/C22H28N4O5/c27-20(17-31-21-8-4-7-19(13-21)26(29)30)15-24-9-11-25(12-10-24)16-22(28)23-14-18-5-2-1-3-6-18/h1-8,13,20,27H,9-12,14-17H2,(H,23,28). The number of amides is 1. The lowest BCUT2D eigenvalue weighted by atomic mass is 10.2. The third-order valence-corrected chi connectivity index (χ3v) is 5.10. The van der Waals surface area contributed by atoms with Crippen molar-refractivity contribution in [2.75, 3.05) is 45.9 Å². The van der Waals surface area contributed by atoms with Crippen molar-refractivity contribution >= 4 is 11.6 Å². The first-order valence-electron chi connectivity index (χ1n) is 10.3. The van der Waals surface area contributed by atoms with Crippen molar-refractivity contribution in [1.29, 1.82) is 0 Å². The molecule has 9 nitrogen and oxygen atoms in total. The zero-order valence-corrected chi connectivity index (χ0v) is 17.4. The fraction of sp³-hybridized carbons (Fsp3) is 0.409. The van der Waals surface area contributed by atoms with Crippen LogP contribution in [0.25, 0.3) is 0 Å². The summed E-state index contributed by atoms with van der Waals surface area (Å²) in [7, 11) is 0. The highest BCUT2D eigenvalue weighted by molar-refractivity contribution is 5.78. The monoisotopic (exact) mass is 428 g/mol. The Balaban J connectivity index is 1.32. The van der Waals surface area contributed by atoms with Gasteiger partial charge < -0.3 is 15.2 Å². The quantitative estimate of drug-likeness (QED) is 0.433. The number of aliphatic hydroxyl groups excluding tert-OH is 1. The van der Waals surface area contributed by atoms with Crippen LogP contribution in [0, 0.1) is 10.1 Å². The van der Waals surface area contributed by atoms with Crippen LogP contribution in [-0.2, 0) is 11.3 Å². The number of nitro benzene ring substituents is 1. The van der Waals surface area contributed by atoms with Crippen LogP contribution >= 0.6 is 0 Å². The maximum atomic E-state index is 12.2. The molecule has 2 N–H and O–H groups in total. The molecule has 1 fully saturated rings. The fourth-order valence-corrected chi connectivity index (χ4v) is 3.42. The van der Waals surface area contributed by atoms with Gasteiger partial charge in [-0.05, 0) is 11.6 Å². The second-order valence-electron chi connectivity index (χ2n) is 7.56. The molecule has 0 saturated carbocycles. The Labute approximate surface area is 181 Å². The Hall–Kier alpha value is -3.01. The lowest BCUT2D eigenvalue weighted by Crippen LogP contribution is -2.51. The average Bonchev–Trinajstić information content (AvgIpc) is 2.78. The van der Waals surface area contributed by atoms with Crippen molar-refractivity contribution < 1.29 is 19.6 Å². The molecule has 9 heteroatoms. The number of benzene rings is 2. The van der Waals surface area contributed by atoms with Crippen LogP contribution in [0.3, 0.4) is 0 Å². The van der Waals surface area contributed by atoms with Crippen LogP contribution in [-0.4, -0.2) is 77.7 Å². The lowest BCUT2D eigenvalue weighted by Gasteiger charge is -2.35. The van der Waals surface area contributed by atoms with Crippen molar-refractivity contribution in [3.05, 3.63) is 70.3 Å². The Kier molecular flexibility index (Phi) is 8.34. The summed E-state index contributed by atoms with van der Waals surface area (Å²) >= 11 is 0. The summed E-state index contributed by atoms with van der Waals surface area (Å²) in [4.78, 5) is 26.7. The minimum absolute atomic E-state index is 0.00249. The second kappa shape index (κ2) is 11.4. The fourth-order valence-electron chi connectivity index (χ4n) is 3.42. The zero-order valence-electron chi connectivity index (χ0n) is 17.4. The van der Waals surface area contributed by atoms with Crippen LogP contribution in [0.2, 0.25) is 0 Å². The number of carbonyl (C=O) groups excluding carboxylic acids is 1. The summed E-state index contributed by atoms with van der Waals surface area (Å²) in [5.74, 6) is 0.363. The molecule has 2 aromatic rings. The molecule has 1 aliphatic rings. The van der Waals surface area contributed by atoms with E-state index in [-0.39, 0.29) is 18.2 Å². The maximum absolute atomic E-state index is 12.2. The second-order valence-corrected chi connectivity index (χ2v) is 7.56. The van der Waals surface area contributed by atoms with E-state index in [9.17, 15) is 20.0 Å². The Bertz CT molecular complexity index is 856. The number of piperazine rings is 1. The predicted molar refractivity (Wildman–Crippen MR) is 116 cm³/mol. The highest BCUT2D eigenvalue weighted by Gasteiger charge is 2.21. The minimum Gasteiger partial charge on any atom is -0.491 e. The van der Waals surface area contributed by atoms with Crippen molar-refractivity contribution in [1.82, 2.24) is 15.1 Å². The molecule has 0 bridgehead atoms. The van der Waals surface area contributed by atoms with Crippen molar-refractivity contribution in [3.63, 3.8) is 0 Å². The molecule has 1 unspecified atom stereocenters. The molecule has 3 rings (SSSR count). The van der Waals surface area contributed by atoms with Crippen LogP contribution in [0.4, 0.5) is 5.69 Å². The van der Waals surface area contributed by atoms with Gasteiger partial charge >= 0.3 is 0 Å².